The first-order valence-corrected chi connectivity index (χ1v) is 7.32. The number of nitrogens with zero attached hydrogens (tertiary/aromatic N) is 2. The van der Waals surface area contributed by atoms with Crippen molar-refractivity contribution in [2.75, 3.05) is 26.7 Å². The molecule has 0 fully saturated rings. The molecule has 0 unspecified atom stereocenters. The zero-order chi connectivity index (χ0) is 15.6. The quantitative estimate of drug-likeness (QED) is 0.854. The van der Waals surface area contributed by atoms with Gasteiger partial charge < -0.3 is 15.0 Å². The van der Waals surface area contributed by atoms with Gasteiger partial charge in [0.25, 0.3) is 0 Å². The van der Waals surface area contributed by atoms with Crippen LogP contribution in [0.5, 0.6) is 5.75 Å². The number of hydrogen-bond acceptors (Lipinski definition) is 3. The number of amides is 2. The summed E-state index contributed by atoms with van der Waals surface area (Å²) in [5.74, 6) is 0.812. The number of hydrogen-bond donors (Lipinski definition) is 1. The van der Waals surface area contributed by atoms with Crippen molar-refractivity contribution in [1.82, 2.24) is 15.2 Å². The Morgan fingerprint density at radius 1 is 1.18 bits per heavy atom. The molecule has 22 heavy (non-hydrogen) atoms. The molecule has 0 spiro atoms. The zero-order valence-corrected chi connectivity index (χ0v) is 12.7. The van der Waals surface area contributed by atoms with Crippen LogP contribution in [0.3, 0.4) is 0 Å². The van der Waals surface area contributed by atoms with Crippen LogP contribution < -0.4 is 10.1 Å². The fourth-order valence-corrected chi connectivity index (χ4v) is 1.90. The number of benzene rings is 1. The number of rotatable bonds is 7. The Hall–Kier alpha value is -2.56. The Morgan fingerprint density at radius 3 is 2.68 bits per heavy atom. The van der Waals surface area contributed by atoms with Crippen LogP contribution in [-0.2, 0) is 6.42 Å². The summed E-state index contributed by atoms with van der Waals surface area (Å²) < 4.78 is 5.57. The fourth-order valence-electron chi connectivity index (χ4n) is 1.90. The SMILES string of the molecule is CN(CCOc1ccccc1)C(=O)NCCc1ccccn1. The highest BCUT2D eigenvalue weighted by atomic mass is 16.5. The minimum atomic E-state index is -0.104. The minimum absolute atomic E-state index is 0.104. The van der Waals surface area contributed by atoms with E-state index in [1.54, 1.807) is 18.1 Å². The standard InChI is InChI=1S/C17H21N3O2/c1-20(13-14-22-16-8-3-2-4-9-16)17(21)19-12-10-15-7-5-6-11-18-15/h2-9,11H,10,12-14H2,1H3,(H,19,21). The van der Waals surface area contributed by atoms with Gasteiger partial charge in [0.2, 0.25) is 0 Å². The monoisotopic (exact) mass is 299 g/mol. The van der Waals surface area contributed by atoms with E-state index in [0.717, 1.165) is 17.9 Å². The number of pyridine rings is 1. The Morgan fingerprint density at radius 2 is 1.95 bits per heavy atom. The van der Waals surface area contributed by atoms with Gasteiger partial charge in [-0.2, -0.15) is 0 Å². The number of carbonyl (C=O) groups is 1. The number of para-hydroxylation sites is 1. The van der Waals surface area contributed by atoms with Gasteiger partial charge in [0, 0.05) is 31.9 Å². The maximum absolute atomic E-state index is 11.9. The number of likely N-dealkylation sites (N-methyl/N-ethyl adjacent to an activating group) is 1. The zero-order valence-electron chi connectivity index (χ0n) is 12.7. The first-order chi connectivity index (χ1) is 10.8. The smallest absolute Gasteiger partial charge is 0.317 e. The second kappa shape index (κ2) is 8.67. The summed E-state index contributed by atoms with van der Waals surface area (Å²) in [7, 11) is 1.75. The predicted octanol–water partition coefficient (Wildman–Crippen LogP) is 2.34. The number of nitrogens with one attached hydrogen (secondary N) is 1. The molecule has 1 N–H and O–H groups in total. The Labute approximate surface area is 130 Å². The first kappa shape index (κ1) is 15.8. The largest absolute Gasteiger partial charge is 0.492 e. The average molecular weight is 299 g/mol. The molecule has 1 aromatic heterocycles. The van der Waals surface area contributed by atoms with Crippen molar-refractivity contribution in [2.24, 2.45) is 0 Å². The van der Waals surface area contributed by atoms with Crippen LogP contribution in [0.4, 0.5) is 4.79 Å². The van der Waals surface area contributed by atoms with Gasteiger partial charge in [0.05, 0.1) is 6.54 Å². The lowest BCUT2D eigenvalue weighted by molar-refractivity contribution is 0.195. The molecule has 2 aromatic rings. The lowest BCUT2D eigenvalue weighted by Crippen LogP contribution is -2.40. The maximum Gasteiger partial charge on any atom is 0.317 e. The lowest BCUT2D eigenvalue weighted by Gasteiger charge is -2.18. The van der Waals surface area contributed by atoms with Crippen LogP contribution >= 0.6 is 0 Å². The molecule has 0 saturated heterocycles. The van der Waals surface area contributed by atoms with E-state index in [2.05, 4.69) is 10.3 Å². The summed E-state index contributed by atoms with van der Waals surface area (Å²) in [5, 5.41) is 2.87. The van der Waals surface area contributed by atoms with Crippen LogP contribution in [0, 0.1) is 0 Å². The molecule has 0 radical (unpaired) electrons. The molecule has 2 amide bonds. The maximum atomic E-state index is 11.9. The second-order valence-electron chi connectivity index (χ2n) is 4.89. The number of urea groups is 1. The highest BCUT2D eigenvalue weighted by molar-refractivity contribution is 5.73. The third-order valence-corrected chi connectivity index (χ3v) is 3.17. The van der Waals surface area contributed by atoms with Gasteiger partial charge in [-0.1, -0.05) is 24.3 Å². The van der Waals surface area contributed by atoms with E-state index in [9.17, 15) is 4.79 Å². The highest BCUT2D eigenvalue weighted by Crippen LogP contribution is 2.07. The van der Waals surface area contributed by atoms with E-state index in [4.69, 9.17) is 4.74 Å². The van der Waals surface area contributed by atoms with E-state index in [-0.39, 0.29) is 6.03 Å². The number of carbonyl (C=O) groups excluding carboxylic acids is 1. The molecule has 0 aliphatic carbocycles. The van der Waals surface area contributed by atoms with E-state index < -0.39 is 0 Å². The summed E-state index contributed by atoms with van der Waals surface area (Å²) in [6, 6.07) is 15.2. The number of ether oxygens (including phenoxy) is 1. The summed E-state index contributed by atoms with van der Waals surface area (Å²) in [4.78, 5) is 17.7. The van der Waals surface area contributed by atoms with Crippen LogP contribution in [0.25, 0.3) is 0 Å². The molecule has 2 rings (SSSR count). The van der Waals surface area contributed by atoms with E-state index in [0.29, 0.717) is 19.7 Å². The molecule has 0 saturated carbocycles. The Bertz CT molecular complexity index is 561. The Balaban J connectivity index is 1.62. The van der Waals surface area contributed by atoms with Crippen molar-refractivity contribution in [3.63, 3.8) is 0 Å². The molecule has 1 heterocycles. The molecular weight excluding hydrogens is 278 g/mol. The van der Waals surface area contributed by atoms with Crippen LogP contribution in [0.1, 0.15) is 5.69 Å². The van der Waals surface area contributed by atoms with Crippen LogP contribution in [0.2, 0.25) is 0 Å². The second-order valence-corrected chi connectivity index (χ2v) is 4.89. The third kappa shape index (κ3) is 5.44. The van der Waals surface area contributed by atoms with Gasteiger partial charge in [0.1, 0.15) is 12.4 Å². The predicted molar refractivity (Wildman–Crippen MR) is 85.9 cm³/mol. The third-order valence-electron chi connectivity index (χ3n) is 3.17. The molecule has 0 atom stereocenters. The lowest BCUT2D eigenvalue weighted by atomic mass is 10.3. The molecule has 116 valence electrons. The van der Waals surface area contributed by atoms with E-state index in [1.807, 2.05) is 48.5 Å². The molecular formula is C17H21N3O2. The van der Waals surface area contributed by atoms with Gasteiger partial charge in [-0.05, 0) is 24.3 Å². The van der Waals surface area contributed by atoms with Gasteiger partial charge in [-0.3, -0.25) is 4.98 Å². The van der Waals surface area contributed by atoms with Crippen molar-refractivity contribution < 1.29 is 9.53 Å². The first-order valence-electron chi connectivity index (χ1n) is 7.32. The summed E-state index contributed by atoms with van der Waals surface area (Å²) in [5.41, 5.74) is 0.970. The van der Waals surface area contributed by atoms with Gasteiger partial charge >= 0.3 is 6.03 Å². The van der Waals surface area contributed by atoms with Gasteiger partial charge in [0.15, 0.2) is 0 Å². The van der Waals surface area contributed by atoms with E-state index in [1.165, 1.54) is 0 Å². The fraction of sp³-hybridized carbons (Fsp3) is 0.294. The van der Waals surface area contributed by atoms with Gasteiger partial charge in [-0.15, -0.1) is 0 Å². The van der Waals surface area contributed by atoms with Crippen molar-refractivity contribution in [1.29, 1.82) is 0 Å². The highest BCUT2D eigenvalue weighted by Gasteiger charge is 2.07. The van der Waals surface area contributed by atoms with Crippen molar-refractivity contribution in [3.05, 3.63) is 60.4 Å². The summed E-state index contributed by atoms with van der Waals surface area (Å²) in [6.07, 6.45) is 2.48. The minimum Gasteiger partial charge on any atom is -0.492 e. The molecule has 5 nitrogen and oxygen atoms in total. The van der Waals surface area contributed by atoms with Crippen molar-refractivity contribution in [3.8, 4) is 5.75 Å². The normalized spacial score (nSPS) is 10.0. The molecule has 0 aliphatic rings. The van der Waals surface area contributed by atoms with Gasteiger partial charge in [-0.25, -0.2) is 4.79 Å². The topological polar surface area (TPSA) is 54.5 Å². The summed E-state index contributed by atoms with van der Waals surface area (Å²) >= 11 is 0. The summed E-state index contributed by atoms with van der Waals surface area (Å²) in [6.45, 7) is 1.57. The average Bonchev–Trinajstić information content (AvgIpc) is 2.56. The van der Waals surface area contributed by atoms with Crippen LogP contribution in [0.15, 0.2) is 54.7 Å². The molecule has 1 aromatic carbocycles. The van der Waals surface area contributed by atoms with E-state index >= 15 is 0 Å². The molecule has 5 heteroatoms. The van der Waals surface area contributed by atoms with Crippen molar-refractivity contribution >= 4 is 6.03 Å². The molecule has 0 bridgehead atoms. The van der Waals surface area contributed by atoms with Crippen molar-refractivity contribution in [2.45, 2.75) is 6.42 Å². The number of aromatic nitrogens is 1. The molecule has 0 aliphatic heterocycles. The Kier molecular flexibility index (Phi) is 6.23. The van der Waals surface area contributed by atoms with Crippen LogP contribution in [-0.4, -0.2) is 42.7 Å².